The zero-order valence-corrected chi connectivity index (χ0v) is 13.3. The number of halogens is 3. The maximum absolute atomic E-state index is 6.17. The van der Waals surface area contributed by atoms with Gasteiger partial charge in [-0.15, -0.1) is 5.10 Å². The topological polar surface area (TPSA) is 37.9 Å². The number of ether oxygens (including phenoxy) is 1. The van der Waals surface area contributed by atoms with Crippen LogP contribution < -0.4 is 4.74 Å². The first kappa shape index (κ1) is 14.0. The van der Waals surface area contributed by atoms with Gasteiger partial charge < -0.3 is 4.74 Å². The molecule has 0 aliphatic carbocycles. The maximum atomic E-state index is 6.17. The molecule has 0 aliphatic heterocycles. The van der Waals surface area contributed by atoms with Crippen molar-refractivity contribution < 1.29 is 4.74 Å². The third-order valence-electron chi connectivity index (χ3n) is 2.44. The van der Waals surface area contributed by atoms with E-state index >= 15 is 0 Å². The fourth-order valence-corrected chi connectivity index (χ4v) is 2.61. The number of nitrogens with zero attached hydrogens (tertiary/aromatic N) is 1. The standard InChI is InChI=1S/C12H11Cl2IN2O/c1-2-18-12-9(11(15)16-17-12)5-7-3-4-8(13)6-10(7)14/h3-4,6H,2,5H2,1H3,(H,16,17). The third-order valence-corrected chi connectivity index (χ3v) is 3.92. The van der Waals surface area contributed by atoms with E-state index in [9.17, 15) is 0 Å². The molecule has 0 saturated heterocycles. The minimum absolute atomic E-state index is 0.586. The molecule has 1 aromatic heterocycles. The molecule has 2 aromatic rings. The van der Waals surface area contributed by atoms with Crippen LogP contribution in [0.15, 0.2) is 18.2 Å². The molecule has 0 fully saturated rings. The highest BCUT2D eigenvalue weighted by molar-refractivity contribution is 14.1. The highest BCUT2D eigenvalue weighted by Gasteiger charge is 2.14. The Balaban J connectivity index is 2.30. The Morgan fingerprint density at radius 2 is 2.17 bits per heavy atom. The van der Waals surface area contributed by atoms with E-state index in [-0.39, 0.29) is 0 Å². The van der Waals surface area contributed by atoms with Crippen molar-refractivity contribution in [3.05, 3.63) is 43.1 Å². The lowest BCUT2D eigenvalue weighted by atomic mass is 10.1. The van der Waals surface area contributed by atoms with Crippen LogP contribution >= 0.6 is 45.8 Å². The van der Waals surface area contributed by atoms with Crippen LogP contribution in [0.1, 0.15) is 18.1 Å². The molecule has 1 heterocycles. The van der Waals surface area contributed by atoms with E-state index in [1.165, 1.54) is 0 Å². The van der Waals surface area contributed by atoms with Gasteiger partial charge in [0.2, 0.25) is 5.88 Å². The second-order valence-corrected chi connectivity index (χ2v) is 5.59. The number of H-pyrrole nitrogens is 1. The first-order valence-corrected chi connectivity index (χ1v) is 7.24. The Labute approximate surface area is 129 Å². The highest BCUT2D eigenvalue weighted by Crippen LogP contribution is 2.28. The van der Waals surface area contributed by atoms with Crippen molar-refractivity contribution in [2.75, 3.05) is 6.61 Å². The van der Waals surface area contributed by atoms with Crippen molar-refractivity contribution in [1.82, 2.24) is 10.2 Å². The van der Waals surface area contributed by atoms with Gasteiger partial charge in [0.05, 0.1) is 12.2 Å². The SMILES string of the molecule is CCOc1n[nH]c(I)c1Cc1ccc(Cl)cc1Cl. The summed E-state index contributed by atoms with van der Waals surface area (Å²) in [6, 6.07) is 5.49. The predicted octanol–water partition coefficient (Wildman–Crippen LogP) is 4.31. The van der Waals surface area contributed by atoms with Gasteiger partial charge in [0.15, 0.2) is 0 Å². The molecule has 6 heteroatoms. The predicted molar refractivity (Wildman–Crippen MR) is 81.7 cm³/mol. The molecule has 0 amide bonds. The molecule has 2 rings (SSSR count). The number of hydrogen-bond acceptors (Lipinski definition) is 2. The van der Waals surface area contributed by atoms with Crippen molar-refractivity contribution in [3.8, 4) is 5.88 Å². The van der Waals surface area contributed by atoms with Crippen LogP contribution in [0.3, 0.4) is 0 Å². The van der Waals surface area contributed by atoms with Crippen molar-refractivity contribution in [2.24, 2.45) is 0 Å². The van der Waals surface area contributed by atoms with E-state index in [0.29, 0.717) is 29.0 Å². The van der Waals surface area contributed by atoms with Gasteiger partial charge in [0.25, 0.3) is 0 Å². The molecule has 0 radical (unpaired) electrons. The second-order valence-electron chi connectivity index (χ2n) is 3.67. The van der Waals surface area contributed by atoms with Gasteiger partial charge in [0, 0.05) is 16.5 Å². The molecular formula is C12H11Cl2IN2O. The summed E-state index contributed by atoms with van der Waals surface area (Å²) < 4.78 is 6.44. The van der Waals surface area contributed by atoms with Gasteiger partial charge in [-0.1, -0.05) is 29.3 Å². The Bertz CT molecular complexity index is 557. The zero-order chi connectivity index (χ0) is 13.1. The molecule has 1 N–H and O–H groups in total. The van der Waals surface area contributed by atoms with Crippen LogP contribution in [0.25, 0.3) is 0 Å². The lowest BCUT2D eigenvalue weighted by molar-refractivity contribution is 0.323. The normalized spacial score (nSPS) is 10.7. The molecule has 0 unspecified atom stereocenters. The summed E-state index contributed by atoms with van der Waals surface area (Å²) in [5.41, 5.74) is 2.02. The van der Waals surface area contributed by atoms with Crippen LogP contribution in [0.4, 0.5) is 0 Å². The van der Waals surface area contributed by atoms with Crippen molar-refractivity contribution in [3.63, 3.8) is 0 Å². The monoisotopic (exact) mass is 396 g/mol. The molecule has 96 valence electrons. The molecule has 0 saturated carbocycles. The average Bonchev–Trinajstić information content (AvgIpc) is 2.65. The lowest BCUT2D eigenvalue weighted by Gasteiger charge is -2.06. The number of rotatable bonds is 4. The Kier molecular flexibility index (Phi) is 4.75. The number of aromatic nitrogens is 2. The minimum Gasteiger partial charge on any atom is -0.477 e. The quantitative estimate of drug-likeness (QED) is 0.782. The highest BCUT2D eigenvalue weighted by atomic mass is 127. The van der Waals surface area contributed by atoms with Crippen LogP contribution in [0.5, 0.6) is 5.88 Å². The number of nitrogens with one attached hydrogen (secondary N) is 1. The molecule has 0 bridgehead atoms. The molecule has 0 spiro atoms. The Morgan fingerprint density at radius 1 is 1.39 bits per heavy atom. The fourth-order valence-electron chi connectivity index (χ4n) is 1.59. The van der Waals surface area contributed by atoms with Crippen molar-refractivity contribution in [1.29, 1.82) is 0 Å². The second kappa shape index (κ2) is 6.12. The van der Waals surface area contributed by atoms with Crippen LogP contribution in [-0.2, 0) is 6.42 Å². The van der Waals surface area contributed by atoms with Crippen LogP contribution in [0, 0.1) is 3.70 Å². The Morgan fingerprint density at radius 3 is 2.83 bits per heavy atom. The van der Waals surface area contributed by atoms with E-state index in [4.69, 9.17) is 27.9 Å². The summed E-state index contributed by atoms with van der Waals surface area (Å²) in [4.78, 5) is 0. The average molecular weight is 397 g/mol. The van der Waals surface area contributed by atoms with Gasteiger partial charge in [0.1, 0.15) is 3.70 Å². The number of hydrogen-bond donors (Lipinski definition) is 1. The molecule has 0 aliphatic rings. The Hall–Kier alpha value is -0.460. The number of benzene rings is 1. The lowest BCUT2D eigenvalue weighted by Crippen LogP contribution is -1.97. The van der Waals surface area contributed by atoms with Crippen LogP contribution in [0.2, 0.25) is 10.0 Å². The van der Waals surface area contributed by atoms with Crippen molar-refractivity contribution >= 4 is 45.8 Å². The smallest absolute Gasteiger partial charge is 0.237 e. The van der Waals surface area contributed by atoms with E-state index in [0.717, 1.165) is 14.8 Å². The maximum Gasteiger partial charge on any atom is 0.237 e. The molecule has 0 atom stereocenters. The van der Waals surface area contributed by atoms with E-state index in [1.807, 2.05) is 19.1 Å². The summed E-state index contributed by atoms with van der Waals surface area (Å²) in [6.45, 7) is 2.52. The zero-order valence-electron chi connectivity index (χ0n) is 9.64. The van der Waals surface area contributed by atoms with Gasteiger partial charge in [-0.3, -0.25) is 5.10 Å². The van der Waals surface area contributed by atoms with Gasteiger partial charge in [-0.2, -0.15) is 0 Å². The van der Waals surface area contributed by atoms with Gasteiger partial charge in [-0.25, -0.2) is 0 Å². The summed E-state index contributed by atoms with van der Waals surface area (Å²) >= 11 is 14.3. The largest absolute Gasteiger partial charge is 0.477 e. The molecule has 18 heavy (non-hydrogen) atoms. The van der Waals surface area contributed by atoms with Crippen molar-refractivity contribution in [2.45, 2.75) is 13.3 Å². The first-order chi connectivity index (χ1) is 8.61. The summed E-state index contributed by atoms with van der Waals surface area (Å²) in [5, 5.41) is 8.33. The molecule has 3 nitrogen and oxygen atoms in total. The van der Waals surface area contributed by atoms with Gasteiger partial charge in [-0.05, 0) is 47.2 Å². The van der Waals surface area contributed by atoms with E-state index < -0.39 is 0 Å². The van der Waals surface area contributed by atoms with E-state index in [1.54, 1.807) is 6.07 Å². The molecule has 1 aromatic carbocycles. The first-order valence-electron chi connectivity index (χ1n) is 5.41. The van der Waals surface area contributed by atoms with Crippen LogP contribution in [-0.4, -0.2) is 16.8 Å². The fraction of sp³-hybridized carbons (Fsp3) is 0.250. The summed E-state index contributed by atoms with van der Waals surface area (Å²) in [6.07, 6.45) is 0.667. The number of aromatic amines is 1. The van der Waals surface area contributed by atoms with Gasteiger partial charge >= 0.3 is 0 Å². The van der Waals surface area contributed by atoms with E-state index in [2.05, 4.69) is 32.8 Å². The summed E-state index contributed by atoms with van der Waals surface area (Å²) in [5.74, 6) is 0.632. The summed E-state index contributed by atoms with van der Waals surface area (Å²) in [7, 11) is 0. The third kappa shape index (κ3) is 3.10. The minimum atomic E-state index is 0.586. The molecular weight excluding hydrogens is 386 g/mol.